The Bertz CT molecular complexity index is 1760. The molecule has 0 atom stereocenters. The molecule has 0 bridgehead atoms. The number of benzene rings is 3. The number of non-ortho nitro benzene ring substituents is 1. The Morgan fingerprint density at radius 3 is 2.56 bits per heavy atom. The number of aromatic nitrogens is 2. The van der Waals surface area contributed by atoms with E-state index in [1.54, 1.807) is 56.7 Å². The van der Waals surface area contributed by atoms with Crippen LogP contribution in [0, 0.1) is 10.1 Å². The van der Waals surface area contributed by atoms with Crippen LogP contribution in [0.5, 0.6) is 11.5 Å². The Morgan fingerprint density at radius 1 is 1.08 bits per heavy atom. The summed E-state index contributed by atoms with van der Waals surface area (Å²) in [5, 5.41) is 15.0. The minimum Gasteiger partial charge on any atom is -0.497 e. The molecule has 0 aliphatic heterocycles. The summed E-state index contributed by atoms with van der Waals surface area (Å²) >= 11 is 2.36. The average Bonchev–Trinajstić information content (AvgIpc) is 3.32. The van der Waals surface area contributed by atoms with E-state index in [9.17, 15) is 19.7 Å². The Balaban J connectivity index is 1.53. The Labute approximate surface area is 230 Å². The highest BCUT2D eigenvalue weighted by molar-refractivity contribution is 7.99. The van der Waals surface area contributed by atoms with Gasteiger partial charge in [0.1, 0.15) is 16.2 Å². The van der Waals surface area contributed by atoms with Crippen LogP contribution >= 0.6 is 23.1 Å². The van der Waals surface area contributed by atoms with E-state index in [4.69, 9.17) is 14.5 Å². The topological polar surface area (TPSA) is 126 Å². The van der Waals surface area contributed by atoms with Crippen LogP contribution in [0.1, 0.15) is 5.56 Å². The number of nitrogens with one attached hydrogen (secondary N) is 1. The standard InChI is InChI=1S/C27H22N4O6S2/c1-36-19-9-6-16(7-10-19)14-30-26(33)25-24(21-13-18(31(34)35)8-11-22(21)39-25)29-27(30)38-15-23(32)28-17-4-3-5-20(12-17)37-2/h3-13H,14-15H2,1-2H3,(H,28,32). The lowest BCUT2D eigenvalue weighted by atomic mass is 10.2. The van der Waals surface area contributed by atoms with Gasteiger partial charge in [0.2, 0.25) is 5.91 Å². The maximum Gasteiger partial charge on any atom is 0.272 e. The highest BCUT2D eigenvalue weighted by Gasteiger charge is 2.19. The third-order valence-corrected chi connectivity index (χ3v) is 8.04. The number of thiophene rings is 1. The molecule has 0 saturated heterocycles. The number of rotatable bonds is 9. The van der Waals surface area contributed by atoms with E-state index in [2.05, 4.69) is 5.32 Å². The molecule has 2 aromatic heterocycles. The number of thioether (sulfide) groups is 1. The predicted octanol–water partition coefficient (Wildman–Crippen LogP) is 5.32. The lowest BCUT2D eigenvalue weighted by molar-refractivity contribution is -0.384. The largest absolute Gasteiger partial charge is 0.497 e. The summed E-state index contributed by atoms with van der Waals surface area (Å²) in [6.45, 7) is 0.222. The molecule has 0 spiro atoms. The zero-order valence-corrected chi connectivity index (χ0v) is 22.5. The highest BCUT2D eigenvalue weighted by atomic mass is 32.2. The van der Waals surface area contributed by atoms with Crippen molar-refractivity contribution in [3.05, 3.63) is 92.8 Å². The molecule has 0 aliphatic rings. The number of nitro benzene ring substituents is 1. The van der Waals surface area contributed by atoms with Crippen molar-refractivity contribution in [2.24, 2.45) is 0 Å². The summed E-state index contributed by atoms with van der Waals surface area (Å²) in [6, 6.07) is 18.8. The number of fused-ring (bicyclic) bond motifs is 3. The quantitative estimate of drug-likeness (QED) is 0.111. The van der Waals surface area contributed by atoms with Gasteiger partial charge < -0.3 is 14.8 Å². The molecule has 198 valence electrons. The lowest BCUT2D eigenvalue weighted by Gasteiger charge is -2.13. The van der Waals surface area contributed by atoms with Crippen molar-refractivity contribution in [3.8, 4) is 11.5 Å². The fourth-order valence-corrected chi connectivity index (χ4v) is 5.86. The molecule has 0 unspecified atom stereocenters. The molecule has 0 aliphatic carbocycles. The number of amides is 1. The van der Waals surface area contributed by atoms with E-state index < -0.39 is 4.92 Å². The van der Waals surface area contributed by atoms with Gasteiger partial charge in [-0.2, -0.15) is 0 Å². The Kier molecular flexibility index (Phi) is 7.48. The van der Waals surface area contributed by atoms with E-state index in [1.165, 1.54) is 28.0 Å². The third kappa shape index (κ3) is 5.56. The first kappa shape index (κ1) is 26.2. The Hall–Kier alpha value is -4.42. The molecular weight excluding hydrogens is 540 g/mol. The number of hydrogen-bond acceptors (Lipinski definition) is 9. The molecule has 1 amide bonds. The van der Waals surface area contributed by atoms with Gasteiger partial charge in [0.25, 0.3) is 11.2 Å². The number of methoxy groups -OCH3 is 2. The first-order valence-corrected chi connectivity index (χ1v) is 13.5. The minimum absolute atomic E-state index is 0.0139. The van der Waals surface area contributed by atoms with Crippen molar-refractivity contribution >= 4 is 60.7 Å². The van der Waals surface area contributed by atoms with Gasteiger partial charge in [0.05, 0.1) is 37.0 Å². The van der Waals surface area contributed by atoms with Gasteiger partial charge in [-0.15, -0.1) is 11.3 Å². The SMILES string of the molecule is COc1ccc(Cn2c(SCC(=O)Nc3cccc(OC)c3)nc3c(sc4ccc([N+](=O)[O-])cc43)c2=O)cc1. The van der Waals surface area contributed by atoms with Crippen LogP contribution in [0.2, 0.25) is 0 Å². The molecule has 0 saturated carbocycles. The first-order chi connectivity index (χ1) is 18.9. The average molecular weight is 563 g/mol. The van der Waals surface area contributed by atoms with Gasteiger partial charge in [0, 0.05) is 34.0 Å². The normalized spacial score (nSPS) is 11.0. The number of hydrogen-bond donors (Lipinski definition) is 1. The summed E-state index contributed by atoms with van der Waals surface area (Å²) in [4.78, 5) is 42.1. The first-order valence-electron chi connectivity index (χ1n) is 11.7. The zero-order chi connectivity index (χ0) is 27.5. The summed E-state index contributed by atoms with van der Waals surface area (Å²) in [7, 11) is 3.12. The highest BCUT2D eigenvalue weighted by Crippen LogP contribution is 2.34. The van der Waals surface area contributed by atoms with Crippen LogP contribution in [0.3, 0.4) is 0 Å². The van der Waals surface area contributed by atoms with Crippen LogP contribution in [0.4, 0.5) is 11.4 Å². The molecule has 0 fully saturated rings. The second-order valence-corrected chi connectivity index (χ2v) is 10.4. The predicted molar refractivity (Wildman–Crippen MR) is 152 cm³/mol. The second kappa shape index (κ2) is 11.1. The van der Waals surface area contributed by atoms with E-state index in [0.29, 0.717) is 42.6 Å². The summed E-state index contributed by atoms with van der Waals surface area (Å²) in [6.07, 6.45) is 0. The maximum absolute atomic E-state index is 13.7. The summed E-state index contributed by atoms with van der Waals surface area (Å²) < 4.78 is 13.1. The lowest BCUT2D eigenvalue weighted by Crippen LogP contribution is -2.24. The van der Waals surface area contributed by atoms with E-state index in [-0.39, 0.29) is 29.5 Å². The van der Waals surface area contributed by atoms with E-state index in [1.807, 2.05) is 12.1 Å². The van der Waals surface area contributed by atoms with Crippen LogP contribution in [-0.2, 0) is 11.3 Å². The van der Waals surface area contributed by atoms with Crippen LogP contribution in [-0.4, -0.2) is 40.4 Å². The second-order valence-electron chi connectivity index (χ2n) is 8.42. The van der Waals surface area contributed by atoms with Gasteiger partial charge in [-0.05, 0) is 35.9 Å². The monoisotopic (exact) mass is 562 g/mol. The molecule has 0 radical (unpaired) electrons. The van der Waals surface area contributed by atoms with Crippen LogP contribution in [0.15, 0.2) is 76.7 Å². The third-order valence-electron chi connectivity index (χ3n) is 5.92. The van der Waals surface area contributed by atoms with E-state index in [0.717, 1.165) is 17.3 Å². The van der Waals surface area contributed by atoms with Crippen molar-refractivity contribution in [1.29, 1.82) is 0 Å². The summed E-state index contributed by atoms with van der Waals surface area (Å²) in [5.74, 6) is 0.998. The Morgan fingerprint density at radius 2 is 1.85 bits per heavy atom. The molecule has 12 heteroatoms. The summed E-state index contributed by atoms with van der Waals surface area (Å²) in [5.41, 5.74) is 1.44. The van der Waals surface area contributed by atoms with Gasteiger partial charge in [-0.25, -0.2) is 4.98 Å². The van der Waals surface area contributed by atoms with Crippen molar-refractivity contribution in [3.63, 3.8) is 0 Å². The van der Waals surface area contributed by atoms with Crippen LogP contribution in [0.25, 0.3) is 20.3 Å². The van der Waals surface area contributed by atoms with Crippen molar-refractivity contribution in [2.45, 2.75) is 11.7 Å². The molecule has 5 aromatic rings. The molecular formula is C27H22N4O6S2. The molecule has 1 N–H and O–H groups in total. The van der Waals surface area contributed by atoms with Gasteiger partial charge in [-0.1, -0.05) is 30.0 Å². The maximum atomic E-state index is 13.7. The number of carbonyl (C=O) groups excluding carboxylic acids is 1. The number of carbonyl (C=O) groups is 1. The molecule has 10 nitrogen and oxygen atoms in total. The smallest absolute Gasteiger partial charge is 0.272 e. The molecule has 2 heterocycles. The molecule has 3 aromatic carbocycles. The zero-order valence-electron chi connectivity index (χ0n) is 20.9. The van der Waals surface area contributed by atoms with E-state index >= 15 is 0 Å². The fourth-order valence-electron chi connectivity index (χ4n) is 4.00. The van der Waals surface area contributed by atoms with Gasteiger partial charge in [-0.3, -0.25) is 24.3 Å². The molecule has 39 heavy (non-hydrogen) atoms. The minimum atomic E-state index is -0.480. The number of nitrogens with zero attached hydrogens (tertiary/aromatic N) is 3. The fraction of sp³-hybridized carbons (Fsp3) is 0.148. The van der Waals surface area contributed by atoms with Crippen molar-refractivity contribution in [1.82, 2.24) is 9.55 Å². The van der Waals surface area contributed by atoms with Crippen molar-refractivity contribution in [2.75, 3.05) is 25.3 Å². The van der Waals surface area contributed by atoms with Crippen molar-refractivity contribution < 1.29 is 19.2 Å². The number of anilines is 1. The van der Waals surface area contributed by atoms with Gasteiger partial charge in [0.15, 0.2) is 5.16 Å². The number of ether oxygens (including phenoxy) is 2. The van der Waals surface area contributed by atoms with Gasteiger partial charge >= 0.3 is 0 Å². The number of nitro groups is 1. The van der Waals surface area contributed by atoms with Crippen LogP contribution < -0.4 is 20.3 Å². The molecule has 5 rings (SSSR count).